The zero-order chi connectivity index (χ0) is 15.1. The van der Waals surface area contributed by atoms with Crippen LogP contribution in [-0.2, 0) is 9.63 Å². The molecule has 0 bridgehead atoms. The molecule has 0 saturated carbocycles. The first-order valence-electron chi connectivity index (χ1n) is 6.40. The summed E-state index contributed by atoms with van der Waals surface area (Å²) in [4.78, 5) is 15.7. The molecular weight excluding hydrogens is 286 g/mol. The SMILES string of the molecule is CC(=O)O/N=C(\C=C\c1ccc(Cl)cc1)c1ccccc1. The van der Waals surface area contributed by atoms with E-state index in [0.717, 1.165) is 11.1 Å². The van der Waals surface area contributed by atoms with Gasteiger partial charge in [0.1, 0.15) is 5.71 Å². The van der Waals surface area contributed by atoms with Crippen LogP contribution in [0.15, 0.2) is 65.8 Å². The Bertz CT molecular complexity index is 661. The minimum absolute atomic E-state index is 0.455. The number of carbonyl (C=O) groups excluding carboxylic acids is 1. The molecule has 2 aromatic carbocycles. The monoisotopic (exact) mass is 299 g/mol. The van der Waals surface area contributed by atoms with Crippen LogP contribution >= 0.6 is 11.6 Å². The Labute approximate surface area is 128 Å². The third-order valence-corrected chi connectivity index (χ3v) is 2.90. The Morgan fingerprint density at radius 1 is 1.10 bits per heavy atom. The molecule has 2 aromatic rings. The van der Waals surface area contributed by atoms with Gasteiger partial charge in [-0.2, -0.15) is 0 Å². The smallest absolute Gasteiger partial charge is 0.318 e. The van der Waals surface area contributed by atoms with Gasteiger partial charge in [-0.3, -0.25) is 0 Å². The van der Waals surface area contributed by atoms with Crippen LogP contribution in [0.5, 0.6) is 0 Å². The molecule has 0 aromatic heterocycles. The number of hydrogen-bond acceptors (Lipinski definition) is 3. The summed E-state index contributed by atoms with van der Waals surface area (Å²) in [5.41, 5.74) is 2.41. The summed E-state index contributed by atoms with van der Waals surface area (Å²) in [5, 5.41) is 4.56. The average Bonchev–Trinajstić information content (AvgIpc) is 2.50. The Hall–Kier alpha value is -2.39. The fourth-order valence-electron chi connectivity index (χ4n) is 1.65. The van der Waals surface area contributed by atoms with Gasteiger partial charge in [0.05, 0.1) is 0 Å². The van der Waals surface area contributed by atoms with Crippen molar-refractivity contribution in [2.24, 2.45) is 5.16 Å². The summed E-state index contributed by atoms with van der Waals surface area (Å²) in [7, 11) is 0. The van der Waals surface area contributed by atoms with E-state index < -0.39 is 5.97 Å². The number of rotatable bonds is 4. The maximum absolute atomic E-state index is 10.9. The Balaban J connectivity index is 2.26. The molecule has 0 fully saturated rings. The lowest BCUT2D eigenvalue weighted by molar-refractivity contribution is -0.140. The second-order valence-corrected chi connectivity index (χ2v) is 4.75. The normalized spacial score (nSPS) is 11.6. The summed E-state index contributed by atoms with van der Waals surface area (Å²) in [6.07, 6.45) is 3.67. The van der Waals surface area contributed by atoms with E-state index >= 15 is 0 Å². The maximum atomic E-state index is 10.9. The van der Waals surface area contributed by atoms with Gasteiger partial charge in [0.2, 0.25) is 0 Å². The lowest BCUT2D eigenvalue weighted by Crippen LogP contribution is -2.00. The van der Waals surface area contributed by atoms with E-state index in [1.54, 1.807) is 6.08 Å². The first kappa shape index (κ1) is 15.0. The third kappa shape index (κ3) is 4.89. The number of oxime groups is 1. The van der Waals surface area contributed by atoms with Gasteiger partial charge in [0.25, 0.3) is 0 Å². The summed E-state index contributed by atoms with van der Waals surface area (Å²) in [5.74, 6) is -0.455. The van der Waals surface area contributed by atoms with Crippen LogP contribution in [0.2, 0.25) is 5.02 Å². The Morgan fingerprint density at radius 3 is 2.38 bits per heavy atom. The molecular formula is C17H14ClNO2. The summed E-state index contributed by atoms with van der Waals surface area (Å²) in [6, 6.07) is 16.9. The van der Waals surface area contributed by atoms with Crippen LogP contribution in [-0.4, -0.2) is 11.7 Å². The zero-order valence-corrected chi connectivity index (χ0v) is 12.2. The Kier molecular flexibility index (Phi) is 5.29. The summed E-state index contributed by atoms with van der Waals surface area (Å²) in [6.45, 7) is 1.31. The first-order valence-corrected chi connectivity index (χ1v) is 6.77. The van der Waals surface area contributed by atoms with Gasteiger partial charge in [0, 0.05) is 17.5 Å². The van der Waals surface area contributed by atoms with Crippen LogP contribution in [0.3, 0.4) is 0 Å². The predicted octanol–water partition coefficient (Wildman–Crippen LogP) is 4.32. The van der Waals surface area contributed by atoms with E-state index in [1.165, 1.54) is 6.92 Å². The zero-order valence-electron chi connectivity index (χ0n) is 11.5. The second kappa shape index (κ2) is 7.41. The van der Waals surface area contributed by atoms with E-state index in [2.05, 4.69) is 5.16 Å². The highest BCUT2D eigenvalue weighted by molar-refractivity contribution is 6.30. The largest absolute Gasteiger partial charge is 0.332 e. The fourth-order valence-corrected chi connectivity index (χ4v) is 1.78. The molecule has 3 nitrogen and oxygen atoms in total. The fraction of sp³-hybridized carbons (Fsp3) is 0.0588. The predicted molar refractivity (Wildman–Crippen MR) is 85.2 cm³/mol. The van der Waals surface area contributed by atoms with Gasteiger partial charge < -0.3 is 4.84 Å². The molecule has 21 heavy (non-hydrogen) atoms. The third-order valence-electron chi connectivity index (χ3n) is 2.65. The molecule has 0 unspecified atom stereocenters. The number of allylic oxidation sites excluding steroid dienone is 1. The lowest BCUT2D eigenvalue weighted by Gasteiger charge is -2.01. The number of hydrogen-bond donors (Lipinski definition) is 0. The van der Waals surface area contributed by atoms with Crippen LogP contribution in [0.1, 0.15) is 18.1 Å². The van der Waals surface area contributed by atoms with Crippen molar-refractivity contribution < 1.29 is 9.63 Å². The van der Waals surface area contributed by atoms with Gasteiger partial charge in [-0.1, -0.05) is 65.3 Å². The van der Waals surface area contributed by atoms with Gasteiger partial charge in [-0.25, -0.2) is 4.79 Å². The quantitative estimate of drug-likeness (QED) is 0.479. The van der Waals surface area contributed by atoms with Crippen LogP contribution in [0.4, 0.5) is 0 Å². The molecule has 0 spiro atoms. The van der Waals surface area contributed by atoms with Gasteiger partial charge in [-0.15, -0.1) is 0 Å². The molecule has 0 amide bonds. The van der Waals surface area contributed by atoms with Crippen molar-refractivity contribution in [1.29, 1.82) is 0 Å². The van der Waals surface area contributed by atoms with E-state index in [0.29, 0.717) is 10.7 Å². The number of nitrogens with zero attached hydrogens (tertiary/aromatic N) is 1. The van der Waals surface area contributed by atoms with Crippen molar-refractivity contribution in [1.82, 2.24) is 0 Å². The second-order valence-electron chi connectivity index (χ2n) is 4.31. The minimum atomic E-state index is -0.455. The molecule has 0 radical (unpaired) electrons. The summed E-state index contributed by atoms with van der Waals surface area (Å²) >= 11 is 5.85. The van der Waals surface area contributed by atoms with Crippen molar-refractivity contribution in [3.05, 3.63) is 76.8 Å². The molecule has 0 N–H and O–H groups in total. The first-order chi connectivity index (χ1) is 10.1. The van der Waals surface area contributed by atoms with Crippen molar-refractivity contribution in [2.45, 2.75) is 6.92 Å². The molecule has 0 aliphatic heterocycles. The molecule has 0 aliphatic carbocycles. The average molecular weight is 300 g/mol. The standard InChI is InChI=1S/C17H14ClNO2/c1-13(20)21-19-17(15-5-3-2-4-6-15)12-9-14-7-10-16(18)11-8-14/h2-12H,1H3/b12-9+,19-17+. The van der Waals surface area contributed by atoms with Gasteiger partial charge in [-0.05, 0) is 23.8 Å². The van der Waals surface area contributed by atoms with Crippen molar-refractivity contribution >= 4 is 29.4 Å². The molecule has 0 heterocycles. The molecule has 0 aliphatic rings. The van der Waals surface area contributed by atoms with Crippen LogP contribution in [0.25, 0.3) is 6.08 Å². The molecule has 0 atom stereocenters. The van der Waals surface area contributed by atoms with Gasteiger partial charge in [0.15, 0.2) is 0 Å². The highest BCUT2D eigenvalue weighted by Gasteiger charge is 2.01. The molecule has 0 saturated heterocycles. The van der Waals surface area contributed by atoms with Gasteiger partial charge >= 0.3 is 5.97 Å². The molecule has 4 heteroatoms. The van der Waals surface area contributed by atoms with Crippen LogP contribution in [0, 0.1) is 0 Å². The van der Waals surface area contributed by atoms with Crippen molar-refractivity contribution in [2.75, 3.05) is 0 Å². The number of carbonyl (C=O) groups is 1. The molecule has 106 valence electrons. The van der Waals surface area contributed by atoms with Crippen molar-refractivity contribution in [3.8, 4) is 0 Å². The van der Waals surface area contributed by atoms with Crippen LogP contribution < -0.4 is 0 Å². The summed E-state index contributed by atoms with van der Waals surface area (Å²) < 4.78 is 0. The lowest BCUT2D eigenvalue weighted by atomic mass is 10.1. The topological polar surface area (TPSA) is 38.7 Å². The maximum Gasteiger partial charge on any atom is 0.332 e. The minimum Gasteiger partial charge on any atom is -0.318 e. The van der Waals surface area contributed by atoms with Crippen molar-refractivity contribution in [3.63, 3.8) is 0 Å². The van der Waals surface area contributed by atoms with E-state index in [4.69, 9.17) is 16.4 Å². The van der Waals surface area contributed by atoms with E-state index in [-0.39, 0.29) is 0 Å². The van der Waals surface area contributed by atoms with E-state index in [1.807, 2.05) is 60.7 Å². The highest BCUT2D eigenvalue weighted by Crippen LogP contribution is 2.12. The molecule has 2 rings (SSSR count). The highest BCUT2D eigenvalue weighted by atomic mass is 35.5. The number of halogens is 1. The Morgan fingerprint density at radius 2 is 1.76 bits per heavy atom. The van der Waals surface area contributed by atoms with E-state index in [9.17, 15) is 4.79 Å². The number of benzene rings is 2.